The summed E-state index contributed by atoms with van der Waals surface area (Å²) >= 11 is 0. The fourth-order valence-electron chi connectivity index (χ4n) is 5.81. The molecular weight excluding hydrogens is 586 g/mol. The number of H-pyrrole nitrogens is 1. The van der Waals surface area contributed by atoms with Crippen LogP contribution in [-0.2, 0) is 19.1 Å². The predicted molar refractivity (Wildman–Crippen MR) is 166 cm³/mol. The fourth-order valence-corrected chi connectivity index (χ4v) is 5.81. The van der Waals surface area contributed by atoms with Crippen LogP contribution in [0.3, 0.4) is 0 Å². The summed E-state index contributed by atoms with van der Waals surface area (Å²) < 4.78 is 5.58. The standard InChI is InChI=1S/C30H41N7O8/c1-14(2)17-8-15(3)9-20(10-17)45-29(44)21(27(40)41)11-22(28(42)43)35-25(38)16-4-6-18(7-5-16)32-12-19-13-33-24-23(34-19)26(39)37-30(31)36-24/h4-7,14-15,17,19-22,32,34H,8-13H2,1-3H3,(H,35,38)(H,40,41)(H,42,43)(H4,31,33,36,37,39). The van der Waals surface area contributed by atoms with Gasteiger partial charge in [-0.1, -0.05) is 20.8 Å². The Bertz CT molecular complexity index is 1460. The number of nitrogens with one attached hydrogen (secondary N) is 5. The minimum absolute atomic E-state index is 0.0109. The highest BCUT2D eigenvalue weighted by molar-refractivity contribution is 5.98. The van der Waals surface area contributed by atoms with Gasteiger partial charge in [-0.2, -0.15) is 4.98 Å². The topological polar surface area (TPSA) is 238 Å². The van der Waals surface area contributed by atoms with Crippen LogP contribution in [0.1, 0.15) is 56.8 Å². The van der Waals surface area contributed by atoms with Gasteiger partial charge in [0.25, 0.3) is 11.5 Å². The number of fused-ring (bicyclic) bond motifs is 1. The van der Waals surface area contributed by atoms with Gasteiger partial charge in [0.2, 0.25) is 5.95 Å². The van der Waals surface area contributed by atoms with Crippen molar-refractivity contribution in [3.63, 3.8) is 0 Å². The number of rotatable bonds is 12. The Labute approximate surface area is 259 Å². The van der Waals surface area contributed by atoms with Gasteiger partial charge < -0.3 is 42.0 Å². The molecule has 0 bridgehead atoms. The van der Waals surface area contributed by atoms with Crippen LogP contribution in [-0.4, -0.2) is 75.3 Å². The first-order valence-corrected chi connectivity index (χ1v) is 15.0. The molecule has 244 valence electrons. The van der Waals surface area contributed by atoms with Crippen molar-refractivity contribution in [2.45, 2.75) is 64.6 Å². The number of aromatic amines is 1. The number of carbonyl (C=O) groups is 4. The maximum atomic E-state index is 12.9. The molecule has 0 saturated heterocycles. The summed E-state index contributed by atoms with van der Waals surface area (Å²) in [5.74, 6) is -5.09. The Morgan fingerprint density at radius 3 is 2.44 bits per heavy atom. The van der Waals surface area contributed by atoms with Crippen LogP contribution < -0.4 is 32.6 Å². The van der Waals surface area contributed by atoms with E-state index in [1.165, 1.54) is 12.1 Å². The van der Waals surface area contributed by atoms with Gasteiger partial charge in [-0.15, -0.1) is 0 Å². The molecule has 1 aliphatic heterocycles. The van der Waals surface area contributed by atoms with Crippen molar-refractivity contribution < 1.29 is 34.1 Å². The zero-order chi connectivity index (χ0) is 32.8. The summed E-state index contributed by atoms with van der Waals surface area (Å²) in [6, 6.07) is 4.39. The van der Waals surface area contributed by atoms with Crippen molar-refractivity contribution in [1.29, 1.82) is 0 Å². The van der Waals surface area contributed by atoms with Crippen LogP contribution in [0.4, 0.5) is 23.1 Å². The number of nitrogen functional groups attached to an aromatic ring is 1. The quantitative estimate of drug-likeness (QED) is 0.124. The molecule has 45 heavy (non-hydrogen) atoms. The molecule has 2 aliphatic rings. The van der Waals surface area contributed by atoms with Crippen LogP contribution in [0.5, 0.6) is 0 Å². The monoisotopic (exact) mass is 627 g/mol. The van der Waals surface area contributed by atoms with Gasteiger partial charge in [0.05, 0.1) is 6.04 Å². The third kappa shape index (κ3) is 8.64. The number of carboxylic acids is 2. The van der Waals surface area contributed by atoms with E-state index in [2.05, 4.69) is 52.0 Å². The van der Waals surface area contributed by atoms with Crippen LogP contribution in [0.25, 0.3) is 0 Å². The Hall–Kier alpha value is -4.82. The van der Waals surface area contributed by atoms with Gasteiger partial charge in [-0.05, 0) is 61.3 Å². The number of nitrogens with two attached hydrogens (primary N) is 1. The van der Waals surface area contributed by atoms with E-state index in [0.29, 0.717) is 55.2 Å². The molecule has 1 aliphatic carbocycles. The van der Waals surface area contributed by atoms with Gasteiger partial charge in [0.15, 0.2) is 11.7 Å². The number of aromatic nitrogens is 2. The summed E-state index contributed by atoms with van der Waals surface area (Å²) in [5.41, 5.74) is 6.25. The molecule has 1 saturated carbocycles. The molecule has 2 heterocycles. The Kier molecular flexibility index (Phi) is 10.5. The number of aliphatic carboxylic acids is 2. The summed E-state index contributed by atoms with van der Waals surface area (Å²) in [7, 11) is 0. The highest BCUT2D eigenvalue weighted by Crippen LogP contribution is 2.35. The first-order chi connectivity index (χ1) is 21.3. The molecule has 1 aromatic heterocycles. The lowest BCUT2D eigenvalue weighted by atomic mass is 9.75. The van der Waals surface area contributed by atoms with E-state index >= 15 is 0 Å². The summed E-state index contributed by atoms with van der Waals surface area (Å²) in [6.45, 7) is 7.13. The Morgan fingerprint density at radius 2 is 1.80 bits per heavy atom. The third-order valence-electron chi connectivity index (χ3n) is 8.32. The molecule has 4 rings (SSSR count). The number of ether oxygens (including phenoxy) is 1. The number of hydrogen-bond donors (Lipinski definition) is 8. The fraction of sp³-hybridized carbons (Fsp3) is 0.533. The highest BCUT2D eigenvalue weighted by Gasteiger charge is 2.38. The zero-order valence-corrected chi connectivity index (χ0v) is 25.5. The van der Waals surface area contributed by atoms with Crippen molar-refractivity contribution in [1.82, 2.24) is 15.3 Å². The van der Waals surface area contributed by atoms with E-state index in [4.69, 9.17) is 10.5 Å². The molecule has 6 unspecified atom stereocenters. The van der Waals surface area contributed by atoms with Gasteiger partial charge in [-0.3, -0.25) is 24.2 Å². The second-order valence-corrected chi connectivity index (χ2v) is 12.2. The number of carbonyl (C=O) groups excluding carboxylic acids is 2. The van der Waals surface area contributed by atoms with Crippen LogP contribution in [0, 0.1) is 23.7 Å². The number of esters is 1. The number of benzene rings is 1. The third-order valence-corrected chi connectivity index (χ3v) is 8.32. The summed E-state index contributed by atoms with van der Waals surface area (Å²) in [4.78, 5) is 68.4. The minimum atomic E-state index is -1.76. The molecule has 15 nitrogen and oxygen atoms in total. The molecule has 6 atom stereocenters. The molecule has 0 radical (unpaired) electrons. The number of hydrogen-bond acceptors (Lipinski definition) is 11. The van der Waals surface area contributed by atoms with Crippen molar-refractivity contribution in [3.8, 4) is 0 Å². The first kappa shape index (κ1) is 33.1. The van der Waals surface area contributed by atoms with Crippen molar-refractivity contribution >= 4 is 47.0 Å². The summed E-state index contributed by atoms with van der Waals surface area (Å²) in [5, 5.41) is 31.2. The van der Waals surface area contributed by atoms with Crippen LogP contribution >= 0.6 is 0 Å². The lowest BCUT2D eigenvalue weighted by Crippen LogP contribution is -2.45. The summed E-state index contributed by atoms with van der Waals surface area (Å²) in [6.07, 6.45) is 1.12. The molecule has 0 spiro atoms. The van der Waals surface area contributed by atoms with Gasteiger partial charge in [0, 0.05) is 30.8 Å². The van der Waals surface area contributed by atoms with Crippen LogP contribution in [0.2, 0.25) is 0 Å². The number of amides is 1. The Balaban J connectivity index is 1.32. The van der Waals surface area contributed by atoms with Gasteiger partial charge in [0.1, 0.15) is 17.8 Å². The average molecular weight is 628 g/mol. The molecular formula is C30H41N7O8. The van der Waals surface area contributed by atoms with Crippen molar-refractivity contribution in [3.05, 3.63) is 40.2 Å². The molecule has 2 aromatic rings. The van der Waals surface area contributed by atoms with E-state index in [1.807, 2.05) is 0 Å². The largest absolute Gasteiger partial charge is 0.481 e. The van der Waals surface area contributed by atoms with Crippen LogP contribution in [0.15, 0.2) is 29.1 Å². The van der Waals surface area contributed by atoms with Gasteiger partial charge in [-0.25, -0.2) is 4.79 Å². The van der Waals surface area contributed by atoms with Gasteiger partial charge >= 0.3 is 17.9 Å². The molecule has 1 amide bonds. The SMILES string of the molecule is CC1CC(OC(=O)C(CC(NC(=O)c2ccc(NCC3CNc4nc(N)[nH]c(=O)c4N3)cc2)C(=O)O)C(=O)O)CC(C(C)C)C1. The zero-order valence-electron chi connectivity index (χ0n) is 25.5. The average Bonchev–Trinajstić information content (AvgIpc) is 2.97. The first-order valence-electron chi connectivity index (χ1n) is 15.0. The molecule has 15 heteroatoms. The number of carboxylic acid groups (broad SMARTS) is 2. The maximum Gasteiger partial charge on any atom is 0.326 e. The smallest absolute Gasteiger partial charge is 0.326 e. The maximum absolute atomic E-state index is 12.9. The highest BCUT2D eigenvalue weighted by atomic mass is 16.5. The van der Waals surface area contributed by atoms with E-state index in [1.54, 1.807) is 12.1 Å². The van der Waals surface area contributed by atoms with E-state index in [9.17, 15) is 34.2 Å². The Morgan fingerprint density at radius 1 is 1.09 bits per heavy atom. The lowest BCUT2D eigenvalue weighted by Gasteiger charge is -2.35. The minimum Gasteiger partial charge on any atom is -0.481 e. The van der Waals surface area contributed by atoms with E-state index < -0.39 is 53.9 Å². The normalized spacial score (nSPS) is 22.1. The number of anilines is 4. The molecule has 1 aromatic carbocycles. The van der Waals surface area contributed by atoms with E-state index in [0.717, 1.165) is 6.42 Å². The number of nitrogens with zero attached hydrogens (tertiary/aromatic N) is 1. The predicted octanol–water partition coefficient (Wildman–Crippen LogP) is 1.95. The molecule has 9 N–H and O–H groups in total. The van der Waals surface area contributed by atoms with Crippen molar-refractivity contribution in [2.24, 2.45) is 23.7 Å². The lowest BCUT2D eigenvalue weighted by molar-refractivity contribution is -0.165. The second kappa shape index (κ2) is 14.3. The molecule has 1 fully saturated rings. The van der Waals surface area contributed by atoms with Crippen molar-refractivity contribution in [2.75, 3.05) is 34.8 Å². The van der Waals surface area contributed by atoms with E-state index in [-0.39, 0.29) is 23.2 Å². The second-order valence-electron chi connectivity index (χ2n) is 12.2.